The van der Waals surface area contributed by atoms with Gasteiger partial charge in [0.2, 0.25) is 0 Å². The number of aromatic nitrogens is 2. The predicted octanol–water partition coefficient (Wildman–Crippen LogP) is 4.92. The topological polar surface area (TPSA) is 25.8 Å². The molecule has 0 aliphatic heterocycles. The first-order valence-corrected chi connectivity index (χ1v) is 7.24. The van der Waals surface area contributed by atoms with Gasteiger partial charge in [-0.1, -0.05) is 62.1 Å². The summed E-state index contributed by atoms with van der Waals surface area (Å²) in [4.78, 5) is 8.32. The smallest absolute Gasteiger partial charge is 0.147 e. The van der Waals surface area contributed by atoms with E-state index >= 15 is 0 Å². The molecule has 2 aromatic rings. The predicted molar refractivity (Wildman–Crippen MR) is 80.3 cm³/mol. The molecule has 0 bridgehead atoms. The summed E-state index contributed by atoms with van der Waals surface area (Å²) in [6.07, 6.45) is 9.65. The maximum Gasteiger partial charge on any atom is 0.147 e. The molecule has 1 aromatic carbocycles. The zero-order valence-electron chi connectivity index (χ0n) is 11.3. The van der Waals surface area contributed by atoms with Gasteiger partial charge in [0.25, 0.3) is 0 Å². The van der Waals surface area contributed by atoms with Gasteiger partial charge in [0, 0.05) is 5.56 Å². The summed E-state index contributed by atoms with van der Waals surface area (Å²) in [6.45, 7) is 2.24. The Hall–Kier alpha value is -1.41. The molecule has 3 heteroatoms. The van der Waals surface area contributed by atoms with E-state index in [2.05, 4.69) is 41.2 Å². The number of halogens is 1. The molecule has 1 heterocycles. The van der Waals surface area contributed by atoms with Crippen LogP contribution in [0.3, 0.4) is 0 Å². The number of hydrogen-bond acceptors (Lipinski definition) is 2. The van der Waals surface area contributed by atoms with Crippen LogP contribution in [0.1, 0.15) is 38.2 Å². The molecule has 0 atom stereocenters. The zero-order chi connectivity index (χ0) is 13.5. The molecular formula is C16H19ClN2. The molecule has 0 aliphatic carbocycles. The largest absolute Gasteiger partial charge is 0.251 e. The van der Waals surface area contributed by atoms with Gasteiger partial charge >= 0.3 is 0 Å². The fraction of sp³-hybridized carbons (Fsp3) is 0.375. The molecule has 19 heavy (non-hydrogen) atoms. The van der Waals surface area contributed by atoms with Gasteiger partial charge in [0.1, 0.15) is 5.15 Å². The lowest BCUT2D eigenvalue weighted by molar-refractivity contribution is 0.667. The molecule has 1 aromatic heterocycles. The van der Waals surface area contributed by atoms with Crippen LogP contribution in [0.5, 0.6) is 0 Å². The van der Waals surface area contributed by atoms with Crippen molar-refractivity contribution in [3.05, 3.63) is 47.4 Å². The van der Waals surface area contributed by atoms with E-state index in [4.69, 9.17) is 11.6 Å². The van der Waals surface area contributed by atoms with Crippen LogP contribution in [0.15, 0.2) is 36.7 Å². The molecule has 100 valence electrons. The second-order valence-electron chi connectivity index (χ2n) is 4.73. The highest BCUT2D eigenvalue weighted by Crippen LogP contribution is 2.18. The molecule has 0 fully saturated rings. The maximum atomic E-state index is 5.73. The summed E-state index contributed by atoms with van der Waals surface area (Å²) in [7, 11) is 0. The lowest BCUT2D eigenvalue weighted by Gasteiger charge is -2.04. The van der Waals surface area contributed by atoms with Crippen molar-refractivity contribution in [2.45, 2.75) is 39.0 Å². The van der Waals surface area contributed by atoms with Crippen LogP contribution in [0.25, 0.3) is 11.3 Å². The number of rotatable bonds is 6. The van der Waals surface area contributed by atoms with Crippen molar-refractivity contribution in [1.29, 1.82) is 0 Å². The van der Waals surface area contributed by atoms with Gasteiger partial charge in [0.05, 0.1) is 18.1 Å². The Bertz CT molecular complexity index is 491. The van der Waals surface area contributed by atoms with E-state index in [-0.39, 0.29) is 0 Å². The Kier molecular flexibility index (Phi) is 5.34. The average Bonchev–Trinajstić information content (AvgIpc) is 2.45. The van der Waals surface area contributed by atoms with E-state index in [1.807, 2.05) is 0 Å². The van der Waals surface area contributed by atoms with Gasteiger partial charge in [-0.25, -0.2) is 4.98 Å². The third-order valence-electron chi connectivity index (χ3n) is 3.19. The van der Waals surface area contributed by atoms with Gasteiger partial charge in [-0.2, -0.15) is 0 Å². The molecule has 0 spiro atoms. The third kappa shape index (κ3) is 4.32. The third-order valence-corrected chi connectivity index (χ3v) is 3.38. The summed E-state index contributed by atoms with van der Waals surface area (Å²) < 4.78 is 0. The zero-order valence-corrected chi connectivity index (χ0v) is 12.0. The number of unbranched alkanes of at least 4 members (excludes halogenated alkanes) is 3. The van der Waals surface area contributed by atoms with E-state index in [1.54, 1.807) is 12.4 Å². The van der Waals surface area contributed by atoms with Gasteiger partial charge in [-0.15, -0.1) is 0 Å². The molecule has 0 unspecified atom stereocenters. The second kappa shape index (κ2) is 7.25. The first-order valence-electron chi connectivity index (χ1n) is 6.86. The fourth-order valence-electron chi connectivity index (χ4n) is 2.06. The lowest BCUT2D eigenvalue weighted by Crippen LogP contribution is -1.88. The molecule has 0 radical (unpaired) electrons. The Morgan fingerprint density at radius 2 is 1.74 bits per heavy atom. The SMILES string of the molecule is CCCCCCc1ccc(-c2cnc(Cl)cn2)cc1. The summed E-state index contributed by atoms with van der Waals surface area (Å²) in [5.41, 5.74) is 3.34. The highest BCUT2D eigenvalue weighted by molar-refractivity contribution is 6.29. The Morgan fingerprint density at radius 3 is 2.37 bits per heavy atom. The Balaban J connectivity index is 1.96. The number of hydrogen-bond donors (Lipinski definition) is 0. The van der Waals surface area contributed by atoms with Gasteiger partial charge in [0.15, 0.2) is 0 Å². The number of benzene rings is 1. The first-order chi connectivity index (χ1) is 9.29. The van der Waals surface area contributed by atoms with Crippen LogP contribution in [0.2, 0.25) is 5.15 Å². The standard InChI is InChI=1S/C16H19ClN2/c1-2-3-4-5-6-13-7-9-14(10-8-13)15-11-19-16(17)12-18-15/h7-12H,2-6H2,1H3. The summed E-state index contributed by atoms with van der Waals surface area (Å²) in [5.74, 6) is 0. The van der Waals surface area contributed by atoms with Crippen LogP contribution in [-0.4, -0.2) is 9.97 Å². The van der Waals surface area contributed by atoms with E-state index in [9.17, 15) is 0 Å². The average molecular weight is 275 g/mol. The molecule has 0 aliphatic rings. The van der Waals surface area contributed by atoms with Crippen LogP contribution >= 0.6 is 11.6 Å². The number of aryl methyl sites for hydroxylation is 1. The molecule has 2 rings (SSSR count). The normalized spacial score (nSPS) is 10.6. The molecule has 0 amide bonds. The van der Waals surface area contributed by atoms with Crippen molar-refractivity contribution in [3.63, 3.8) is 0 Å². The molecular weight excluding hydrogens is 256 g/mol. The van der Waals surface area contributed by atoms with Crippen LogP contribution in [-0.2, 0) is 6.42 Å². The monoisotopic (exact) mass is 274 g/mol. The minimum Gasteiger partial charge on any atom is -0.251 e. The van der Waals surface area contributed by atoms with Crippen molar-refractivity contribution in [3.8, 4) is 11.3 Å². The summed E-state index contributed by atoms with van der Waals surface area (Å²) in [6, 6.07) is 8.56. The van der Waals surface area contributed by atoms with E-state index in [0.29, 0.717) is 5.15 Å². The van der Waals surface area contributed by atoms with Crippen molar-refractivity contribution in [2.24, 2.45) is 0 Å². The summed E-state index contributed by atoms with van der Waals surface area (Å²) >= 11 is 5.73. The van der Waals surface area contributed by atoms with E-state index in [1.165, 1.54) is 31.2 Å². The second-order valence-corrected chi connectivity index (χ2v) is 5.12. The number of nitrogens with zero attached hydrogens (tertiary/aromatic N) is 2. The van der Waals surface area contributed by atoms with Crippen molar-refractivity contribution < 1.29 is 0 Å². The molecule has 0 saturated heterocycles. The summed E-state index contributed by atoms with van der Waals surface area (Å²) in [5, 5.41) is 0.427. The van der Waals surface area contributed by atoms with Crippen LogP contribution in [0.4, 0.5) is 0 Å². The van der Waals surface area contributed by atoms with Gasteiger partial charge in [-0.3, -0.25) is 4.98 Å². The fourth-order valence-corrected chi connectivity index (χ4v) is 2.16. The first kappa shape index (κ1) is 14.0. The van der Waals surface area contributed by atoms with Crippen molar-refractivity contribution in [2.75, 3.05) is 0 Å². The molecule has 0 N–H and O–H groups in total. The van der Waals surface area contributed by atoms with E-state index in [0.717, 1.165) is 17.7 Å². The van der Waals surface area contributed by atoms with Gasteiger partial charge < -0.3 is 0 Å². The maximum absolute atomic E-state index is 5.73. The highest BCUT2D eigenvalue weighted by Gasteiger charge is 2.00. The Labute approximate surface area is 119 Å². The van der Waals surface area contributed by atoms with Crippen molar-refractivity contribution in [1.82, 2.24) is 9.97 Å². The van der Waals surface area contributed by atoms with Crippen LogP contribution in [0, 0.1) is 0 Å². The molecule has 0 saturated carbocycles. The minimum absolute atomic E-state index is 0.427. The van der Waals surface area contributed by atoms with Gasteiger partial charge in [-0.05, 0) is 18.4 Å². The van der Waals surface area contributed by atoms with Crippen LogP contribution < -0.4 is 0 Å². The van der Waals surface area contributed by atoms with E-state index < -0.39 is 0 Å². The lowest BCUT2D eigenvalue weighted by atomic mass is 10.0. The molecule has 2 nitrogen and oxygen atoms in total. The quantitative estimate of drug-likeness (QED) is 0.699. The minimum atomic E-state index is 0.427. The van der Waals surface area contributed by atoms with Crippen molar-refractivity contribution >= 4 is 11.6 Å². The highest BCUT2D eigenvalue weighted by atomic mass is 35.5. The Morgan fingerprint density at radius 1 is 0.947 bits per heavy atom.